The second kappa shape index (κ2) is 10.8. The number of hydrogen-bond acceptors (Lipinski definition) is 5. The number of halogens is 2. The van der Waals surface area contributed by atoms with Crippen molar-refractivity contribution < 1.29 is 33.0 Å². The van der Waals surface area contributed by atoms with Gasteiger partial charge in [-0.25, -0.2) is 8.42 Å². The molecule has 0 aromatic heterocycles. The molecule has 0 radical (unpaired) electrons. The first-order chi connectivity index (χ1) is 16.5. The molecule has 0 aliphatic rings. The number of aliphatic carboxylic acids is 2. The van der Waals surface area contributed by atoms with Crippen molar-refractivity contribution >= 4 is 62.4 Å². The number of sulfonamides is 1. The summed E-state index contributed by atoms with van der Waals surface area (Å²) in [5.41, 5.74) is 0.707. The number of amides is 1. The van der Waals surface area contributed by atoms with Gasteiger partial charge in [0.05, 0.1) is 16.1 Å². The molecule has 1 amide bonds. The average Bonchev–Trinajstić information content (AvgIpc) is 2.80. The van der Waals surface area contributed by atoms with Crippen LogP contribution in [0.2, 0.25) is 10.0 Å². The zero-order valence-electron chi connectivity index (χ0n) is 17.7. The van der Waals surface area contributed by atoms with E-state index in [1.54, 1.807) is 24.3 Å². The van der Waals surface area contributed by atoms with Crippen molar-refractivity contribution in [2.24, 2.45) is 5.92 Å². The Labute approximate surface area is 210 Å². The molecule has 0 aliphatic carbocycles. The van der Waals surface area contributed by atoms with E-state index in [-0.39, 0.29) is 27.6 Å². The minimum atomic E-state index is -4.16. The second-order valence-electron chi connectivity index (χ2n) is 7.33. The highest BCUT2D eigenvalue weighted by Crippen LogP contribution is 2.26. The van der Waals surface area contributed by atoms with Crippen LogP contribution >= 0.6 is 23.2 Å². The number of benzene rings is 3. The van der Waals surface area contributed by atoms with Gasteiger partial charge >= 0.3 is 11.9 Å². The molecule has 3 aromatic rings. The van der Waals surface area contributed by atoms with E-state index in [1.807, 2.05) is 0 Å². The van der Waals surface area contributed by atoms with Gasteiger partial charge in [0.1, 0.15) is 0 Å². The summed E-state index contributed by atoms with van der Waals surface area (Å²) >= 11 is 11.9. The van der Waals surface area contributed by atoms with Crippen LogP contribution in [0.1, 0.15) is 15.9 Å². The van der Waals surface area contributed by atoms with Gasteiger partial charge in [-0.3, -0.25) is 19.1 Å². The molecule has 182 valence electrons. The number of carboxylic acid groups (broad SMARTS) is 2. The lowest BCUT2D eigenvalue weighted by molar-refractivity contribution is -0.154. The topological polar surface area (TPSA) is 150 Å². The molecule has 0 fully saturated rings. The van der Waals surface area contributed by atoms with Crippen molar-refractivity contribution in [3.8, 4) is 0 Å². The van der Waals surface area contributed by atoms with Crippen molar-refractivity contribution in [3.63, 3.8) is 0 Å². The highest BCUT2D eigenvalue weighted by atomic mass is 35.5. The van der Waals surface area contributed by atoms with Crippen LogP contribution in [0, 0.1) is 5.92 Å². The standard InChI is InChI=1S/C23H18Cl2N2O7S/c24-14-3-6-16(7-4-14)26-21(28)18-12-15(25)5-10-20(18)27-35(33,34)17-8-1-13(2-9-17)11-19(22(29)30)23(31)32/h1-10,12,19,27H,11H2,(H,26,28)(H,29,30)(H,31,32). The Morgan fingerprint density at radius 1 is 0.829 bits per heavy atom. The number of carbonyl (C=O) groups excluding carboxylic acids is 1. The van der Waals surface area contributed by atoms with Crippen LogP contribution < -0.4 is 10.0 Å². The van der Waals surface area contributed by atoms with E-state index < -0.39 is 33.8 Å². The normalized spacial score (nSPS) is 11.2. The monoisotopic (exact) mass is 536 g/mol. The Bertz CT molecular complexity index is 1360. The predicted octanol–water partition coefficient (Wildman–Crippen LogP) is 4.37. The van der Waals surface area contributed by atoms with Crippen molar-refractivity contribution in [2.75, 3.05) is 10.0 Å². The highest BCUT2D eigenvalue weighted by molar-refractivity contribution is 7.92. The zero-order chi connectivity index (χ0) is 25.8. The predicted molar refractivity (Wildman–Crippen MR) is 131 cm³/mol. The summed E-state index contributed by atoms with van der Waals surface area (Å²) in [5.74, 6) is -5.27. The SMILES string of the molecule is O=C(Nc1ccc(Cl)cc1)c1cc(Cl)ccc1NS(=O)(=O)c1ccc(CC(C(=O)O)C(=O)O)cc1. The number of hydrogen-bond donors (Lipinski definition) is 4. The van der Waals surface area contributed by atoms with Crippen molar-refractivity contribution in [1.82, 2.24) is 0 Å². The molecule has 0 saturated heterocycles. The van der Waals surface area contributed by atoms with Crippen LogP contribution in [-0.2, 0) is 26.0 Å². The fourth-order valence-electron chi connectivity index (χ4n) is 3.05. The molecule has 0 heterocycles. The number of carboxylic acids is 2. The number of nitrogens with one attached hydrogen (secondary N) is 2. The first kappa shape index (κ1) is 26.0. The summed E-state index contributed by atoms with van der Waals surface area (Å²) in [6.07, 6.45) is -0.315. The summed E-state index contributed by atoms with van der Waals surface area (Å²) in [7, 11) is -4.16. The first-order valence-corrected chi connectivity index (χ1v) is 12.1. The fraction of sp³-hybridized carbons (Fsp3) is 0.0870. The summed E-state index contributed by atoms with van der Waals surface area (Å²) < 4.78 is 28.2. The third-order valence-electron chi connectivity index (χ3n) is 4.84. The van der Waals surface area contributed by atoms with Gasteiger partial charge in [-0.2, -0.15) is 0 Å². The smallest absolute Gasteiger partial charge is 0.318 e. The minimum Gasteiger partial charge on any atom is -0.481 e. The molecular weight excluding hydrogens is 519 g/mol. The van der Waals surface area contributed by atoms with E-state index in [0.717, 1.165) is 0 Å². The van der Waals surface area contributed by atoms with Gasteiger partial charge in [0, 0.05) is 15.7 Å². The molecule has 4 N–H and O–H groups in total. The molecule has 12 heteroatoms. The number of anilines is 2. The van der Waals surface area contributed by atoms with Crippen LogP contribution in [0.4, 0.5) is 11.4 Å². The van der Waals surface area contributed by atoms with Gasteiger partial charge in [-0.1, -0.05) is 35.3 Å². The Morgan fingerprint density at radius 2 is 1.40 bits per heavy atom. The lowest BCUT2D eigenvalue weighted by Crippen LogP contribution is -2.25. The van der Waals surface area contributed by atoms with Gasteiger partial charge in [0.15, 0.2) is 5.92 Å². The maximum absolute atomic E-state index is 12.9. The molecule has 0 spiro atoms. The number of rotatable bonds is 9. The molecule has 35 heavy (non-hydrogen) atoms. The minimum absolute atomic E-state index is 0.0261. The molecule has 0 atom stereocenters. The van der Waals surface area contributed by atoms with E-state index in [0.29, 0.717) is 16.3 Å². The van der Waals surface area contributed by atoms with Gasteiger partial charge in [0.25, 0.3) is 15.9 Å². The summed E-state index contributed by atoms with van der Waals surface area (Å²) in [4.78, 5) is 34.8. The molecule has 9 nitrogen and oxygen atoms in total. The third kappa shape index (κ3) is 6.72. The second-order valence-corrected chi connectivity index (χ2v) is 9.89. The quantitative estimate of drug-likeness (QED) is 0.296. The molecule has 3 rings (SSSR count). The van der Waals surface area contributed by atoms with E-state index in [1.165, 1.54) is 42.5 Å². The van der Waals surface area contributed by atoms with Gasteiger partial charge in [-0.05, 0) is 66.6 Å². The Hall–Kier alpha value is -3.60. The van der Waals surface area contributed by atoms with E-state index in [2.05, 4.69) is 10.0 Å². The van der Waals surface area contributed by atoms with Crippen molar-refractivity contribution in [2.45, 2.75) is 11.3 Å². The third-order valence-corrected chi connectivity index (χ3v) is 6.71. The van der Waals surface area contributed by atoms with Crippen LogP contribution in [-0.4, -0.2) is 36.5 Å². The van der Waals surface area contributed by atoms with Crippen LogP contribution in [0.15, 0.2) is 71.6 Å². The summed E-state index contributed by atoms with van der Waals surface area (Å²) in [5, 5.41) is 21.4. The van der Waals surface area contributed by atoms with Crippen molar-refractivity contribution in [3.05, 3.63) is 87.9 Å². The molecule has 0 saturated carbocycles. The maximum atomic E-state index is 12.9. The molecule has 0 bridgehead atoms. The maximum Gasteiger partial charge on any atom is 0.318 e. The highest BCUT2D eigenvalue weighted by Gasteiger charge is 2.26. The lowest BCUT2D eigenvalue weighted by Gasteiger charge is -2.14. The summed E-state index contributed by atoms with van der Waals surface area (Å²) in [6, 6.07) is 15.5. The molecule has 3 aromatic carbocycles. The molecule has 0 aliphatic heterocycles. The van der Waals surface area contributed by atoms with Crippen LogP contribution in [0.3, 0.4) is 0 Å². The molecular formula is C23H18Cl2N2O7S. The fourth-order valence-corrected chi connectivity index (χ4v) is 4.43. The Balaban J connectivity index is 1.82. The number of carbonyl (C=O) groups is 3. The Morgan fingerprint density at radius 3 is 1.97 bits per heavy atom. The first-order valence-electron chi connectivity index (χ1n) is 9.90. The van der Waals surface area contributed by atoms with E-state index in [4.69, 9.17) is 33.4 Å². The van der Waals surface area contributed by atoms with Crippen molar-refractivity contribution in [1.29, 1.82) is 0 Å². The van der Waals surface area contributed by atoms with E-state index in [9.17, 15) is 22.8 Å². The van der Waals surface area contributed by atoms with Crippen LogP contribution in [0.25, 0.3) is 0 Å². The largest absolute Gasteiger partial charge is 0.481 e. The van der Waals surface area contributed by atoms with Gasteiger partial charge < -0.3 is 15.5 Å². The van der Waals surface area contributed by atoms with Crippen LogP contribution in [0.5, 0.6) is 0 Å². The average molecular weight is 537 g/mol. The lowest BCUT2D eigenvalue weighted by atomic mass is 10.00. The zero-order valence-corrected chi connectivity index (χ0v) is 20.1. The van der Waals surface area contributed by atoms with Gasteiger partial charge in [0.2, 0.25) is 0 Å². The van der Waals surface area contributed by atoms with E-state index >= 15 is 0 Å². The summed E-state index contributed by atoms with van der Waals surface area (Å²) in [6.45, 7) is 0. The molecule has 0 unspecified atom stereocenters. The van der Waals surface area contributed by atoms with Gasteiger partial charge in [-0.15, -0.1) is 0 Å². The Kier molecular flexibility index (Phi) is 8.00.